The summed E-state index contributed by atoms with van der Waals surface area (Å²) >= 11 is 0. The highest BCUT2D eigenvalue weighted by atomic mass is 19.1. The summed E-state index contributed by atoms with van der Waals surface area (Å²) in [6, 6.07) is 12.5. The van der Waals surface area contributed by atoms with Gasteiger partial charge >= 0.3 is 0 Å². The van der Waals surface area contributed by atoms with Crippen molar-refractivity contribution in [3.05, 3.63) is 53.8 Å². The van der Waals surface area contributed by atoms with Crippen LogP contribution in [0, 0.1) is 11.7 Å². The first-order valence-corrected chi connectivity index (χ1v) is 8.99. The van der Waals surface area contributed by atoms with Crippen LogP contribution in [0.25, 0.3) is 10.9 Å². The standard InChI is InChI=1S/C21H22FN3O/c1-14-8-10-25(11-9-14)17-5-3-16(4-6-17)23-13-19-18-7-2-15(22)12-20(18)24-21(19)26/h2-7,12-14,24,26H,8-11H2,1H3. The van der Waals surface area contributed by atoms with E-state index in [0.717, 1.165) is 30.1 Å². The Labute approximate surface area is 152 Å². The number of fused-ring (bicyclic) bond motifs is 1. The van der Waals surface area contributed by atoms with Crippen LogP contribution in [-0.4, -0.2) is 29.4 Å². The second-order valence-corrected chi connectivity index (χ2v) is 7.02. The zero-order valence-corrected chi connectivity index (χ0v) is 14.7. The molecule has 1 saturated heterocycles. The minimum atomic E-state index is -0.343. The predicted molar refractivity (Wildman–Crippen MR) is 104 cm³/mol. The van der Waals surface area contributed by atoms with E-state index in [1.54, 1.807) is 12.3 Å². The van der Waals surface area contributed by atoms with Gasteiger partial charge < -0.3 is 15.0 Å². The summed E-state index contributed by atoms with van der Waals surface area (Å²) < 4.78 is 13.3. The number of aromatic hydroxyl groups is 1. The van der Waals surface area contributed by atoms with Crippen LogP contribution in [0.3, 0.4) is 0 Å². The number of rotatable bonds is 3. The van der Waals surface area contributed by atoms with Crippen LogP contribution in [0.1, 0.15) is 25.3 Å². The normalized spacial score (nSPS) is 16.0. The van der Waals surface area contributed by atoms with E-state index < -0.39 is 0 Å². The minimum absolute atomic E-state index is 0.00610. The van der Waals surface area contributed by atoms with Gasteiger partial charge in [-0.1, -0.05) is 6.92 Å². The van der Waals surface area contributed by atoms with Crippen molar-refractivity contribution in [3.63, 3.8) is 0 Å². The first-order chi connectivity index (χ1) is 12.6. The van der Waals surface area contributed by atoms with Crippen molar-refractivity contribution < 1.29 is 9.50 Å². The molecule has 26 heavy (non-hydrogen) atoms. The van der Waals surface area contributed by atoms with Gasteiger partial charge in [0, 0.05) is 30.4 Å². The molecule has 4 rings (SSSR count). The van der Waals surface area contributed by atoms with Crippen LogP contribution in [0.5, 0.6) is 5.88 Å². The van der Waals surface area contributed by atoms with Crippen molar-refractivity contribution in [2.75, 3.05) is 18.0 Å². The molecule has 0 amide bonds. The molecule has 1 aliphatic heterocycles. The number of nitrogens with zero attached hydrogens (tertiary/aromatic N) is 2. The average Bonchev–Trinajstić information content (AvgIpc) is 2.95. The zero-order valence-electron chi connectivity index (χ0n) is 14.7. The third-order valence-electron chi connectivity index (χ3n) is 5.12. The van der Waals surface area contributed by atoms with Gasteiger partial charge in [-0.2, -0.15) is 0 Å². The molecule has 2 N–H and O–H groups in total. The van der Waals surface area contributed by atoms with Crippen LogP contribution >= 0.6 is 0 Å². The van der Waals surface area contributed by atoms with E-state index in [9.17, 15) is 9.50 Å². The number of aliphatic imine (C=N–C) groups is 1. The van der Waals surface area contributed by atoms with Crippen LogP contribution in [0.4, 0.5) is 15.8 Å². The molecule has 0 spiro atoms. The Bertz CT molecular complexity index is 938. The first kappa shape index (κ1) is 16.6. The van der Waals surface area contributed by atoms with Gasteiger partial charge in [-0.15, -0.1) is 0 Å². The van der Waals surface area contributed by atoms with Gasteiger partial charge in [-0.25, -0.2) is 4.39 Å². The van der Waals surface area contributed by atoms with Crippen molar-refractivity contribution in [1.82, 2.24) is 4.98 Å². The van der Waals surface area contributed by atoms with Gasteiger partial charge in [0.25, 0.3) is 0 Å². The summed E-state index contributed by atoms with van der Waals surface area (Å²) in [6.07, 6.45) is 4.09. The maximum Gasteiger partial charge on any atom is 0.198 e. The third-order valence-corrected chi connectivity index (χ3v) is 5.12. The monoisotopic (exact) mass is 351 g/mol. The number of hydrogen-bond acceptors (Lipinski definition) is 3. The average molecular weight is 351 g/mol. The molecule has 2 aromatic carbocycles. The summed E-state index contributed by atoms with van der Waals surface area (Å²) in [7, 11) is 0. The number of aromatic nitrogens is 1. The van der Waals surface area contributed by atoms with Crippen molar-refractivity contribution >= 4 is 28.5 Å². The number of piperidine rings is 1. The van der Waals surface area contributed by atoms with E-state index in [-0.39, 0.29) is 11.7 Å². The Kier molecular flexibility index (Phi) is 4.37. The van der Waals surface area contributed by atoms with E-state index in [0.29, 0.717) is 11.1 Å². The van der Waals surface area contributed by atoms with Crippen molar-refractivity contribution in [2.24, 2.45) is 10.9 Å². The van der Waals surface area contributed by atoms with Crippen LogP contribution in [0.2, 0.25) is 0 Å². The van der Waals surface area contributed by atoms with E-state index in [2.05, 4.69) is 33.9 Å². The molecule has 0 saturated carbocycles. The molecule has 0 atom stereocenters. The lowest BCUT2D eigenvalue weighted by Crippen LogP contribution is -2.32. The van der Waals surface area contributed by atoms with Gasteiger partial charge in [0.2, 0.25) is 0 Å². The van der Waals surface area contributed by atoms with Gasteiger partial charge in [0.15, 0.2) is 5.88 Å². The number of halogens is 1. The Morgan fingerprint density at radius 1 is 1.15 bits per heavy atom. The van der Waals surface area contributed by atoms with Gasteiger partial charge in [-0.3, -0.25) is 4.99 Å². The molecule has 0 radical (unpaired) electrons. The second kappa shape index (κ2) is 6.83. The van der Waals surface area contributed by atoms with E-state index in [4.69, 9.17) is 0 Å². The fourth-order valence-electron chi connectivity index (χ4n) is 3.46. The maximum absolute atomic E-state index is 13.3. The number of H-pyrrole nitrogens is 1. The van der Waals surface area contributed by atoms with E-state index in [1.807, 2.05) is 12.1 Å². The maximum atomic E-state index is 13.3. The number of hydrogen-bond donors (Lipinski definition) is 2. The quantitative estimate of drug-likeness (QED) is 0.653. The second-order valence-electron chi connectivity index (χ2n) is 7.02. The van der Waals surface area contributed by atoms with Crippen molar-refractivity contribution in [1.29, 1.82) is 0 Å². The molecular formula is C21H22FN3O. The lowest BCUT2D eigenvalue weighted by atomic mass is 9.99. The van der Waals surface area contributed by atoms with Crippen LogP contribution in [-0.2, 0) is 0 Å². The topological polar surface area (TPSA) is 51.6 Å². The van der Waals surface area contributed by atoms with E-state index in [1.165, 1.54) is 30.7 Å². The summed E-state index contributed by atoms with van der Waals surface area (Å²) in [5.41, 5.74) is 3.16. The Hall–Kier alpha value is -2.82. The molecule has 134 valence electrons. The highest BCUT2D eigenvalue weighted by molar-refractivity contribution is 6.02. The molecule has 5 heteroatoms. The predicted octanol–water partition coefficient (Wildman–Crippen LogP) is 5.00. The Balaban J connectivity index is 1.53. The molecule has 1 fully saturated rings. The van der Waals surface area contributed by atoms with Crippen LogP contribution in [0.15, 0.2) is 47.5 Å². The summed E-state index contributed by atoms with van der Waals surface area (Å²) in [4.78, 5) is 9.65. The van der Waals surface area contributed by atoms with Gasteiger partial charge in [0.1, 0.15) is 5.82 Å². The van der Waals surface area contributed by atoms with Crippen molar-refractivity contribution in [2.45, 2.75) is 19.8 Å². The lowest BCUT2D eigenvalue weighted by molar-refractivity contribution is 0.438. The fraction of sp³-hybridized carbons (Fsp3) is 0.286. The molecular weight excluding hydrogens is 329 g/mol. The zero-order chi connectivity index (χ0) is 18.1. The number of nitrogens with one attached hydrogen (secondary N) is 1. The largest absolute Gasteiger partial charge is 0.494 e. The van der Waals surface area contributed by atoms with Crippen LogP contribution < -0.4 is 4.90 Å². The minimum Gasteiger partial charge on any atom is -0.494 e. The fourth-order valence-corrected chi connectivity index (χ4v) is 3.46. The molecule has 3 aromatic rings. The molecule has 4 nitrogen and oxygen atoms in total. The molecule has 0 bridgehead atoms. The molecule has 0 unspecified atom stereocenters. The third kappa shape index (κ3) is 3.29. The number of anilines is 1. The van der Waals surface area contributed by atoms with Gasteiger partial charge in [0.05, 0.1) is 16.8 Å². The first-order valence-electron chi connectivity index (χ1n) is 8.99. The summed E-state index contributed by atoms with van der Waals surface area (Å²) in [6.45, 7) is 4.51. The molecule has 1 aliphatic rings. The number of benzene rings is 2. The SMILES string of the molecule is CC1CCN(c2ccc(N=Cc3c(O)[nH]c4cc(F)ccc34)cc2)CC1. The summed E-state index contributed by atoms with van der Waals surface area (Å²) in [5.74, 6) is 0.464. The smallest absolute Gasteiger partial charge is 0.198 e. The lowest BCUT2D eigenvalue weighted by Gasteiger charge is -2.32. The highest BCUT2D eigenvalue weighted by Crippen LogP contribution is 2.28. The summed E-state index contributed by atoms with van der Waals surface area (Å²) in [5, 5.41) is 10.8. The van der Waals surface area contributed by atoms with Crippen molar-refractivity contribution in [3.8, 4) is 5.88 Å². The highest BCUT2D eigenvalue weighted by Gasteiger charge is 2.15. The molecule has 2 heterocycles. The Morgan fingerprint density at radius 2 is 1.88 bits per heavy atom. The molecule has 0 aliphatic carbocycles. The Morgan fingerprint density at radius 3 is 2.62 bits per heavy atom. The molecule has 1 aromatic heterocycles. The number of aromatic amines is 1. The van der Waals surface area contributed by atoms with Gasteiger partial charge in [-0.05, 0) is 61.2 Å². The van der Waals surface area contributed by atoms with E-state index >= 15 is 0 Å².